The van der Waals surface area contributed by atoms with E-state index in [-0.39, 0.29) is 17.6 Å². The van der Waals surface area contributed by atoms with Gasteiger partial charge in [-0.1, -0.05) is 12.1 Å². The quantitative estimate of drug-likeness (QED) is 0.707. The Morgan fingerprint density at radius 2 is 1.96 bits per heavy atom. The van der Waals surface area contributed by atoms with Gasteiger partial charge in [-0.25, -0.2) is 9.37 Å². The van der Waals surface area contributed by atoms with Crippen LogP contribution in [0.15, 0.2) is 48.5 Å². The predicted molar refractivity (Wildman–Crippen MR) is 97.7 cm³/mol. The van der Waals surface area contributed by atoms with E-state index in [0.717, 1.165) is 22.5 Å². The van der Waals surface area contributed by atoms with Crippen LogP contribution in [-0.4, -0.2) is 35.7 Å². The van der Waals surface area contributed by atoms with Crippen LogP contribution in [-0.2, 0) is 16.1 Å². The lowest BCUT2D eigenvalue weighted by molar-refractivity contribution is -0.117. The van der Waals surface area contributed by atoms with Crippen LogP contribution in [0.1, 0.15) is 18.2 Å². The number of carbonyl (C=O) groups excluding carboxylic acids is 1. The first-order chi connectivity index (χ1) is 12.7. The van der Waals surface area contributed by atoms with Gasteiger partial charge in [0.1, 0.15) is 11.6 Å². The fraction of sp³-hybridized carbons (Fsp3) is 0.300. The Kier molecular flexibility index (Phi) is 4.42. The Bertz CT molecular complexity index is 936. The predicted octanol–water partition coefficient (Wildman–Crippen LogP) is 3.34. The largest absolute Gasteiger partial charge is 0.383 e. The molecule has 0 bridgehead atoms. The van der Waals surface area contributed by atoms with E-state index in [4.69, 9.17) is 9.72 Å². The van der Waals surface area contributed by atoms with Crippen molar-refractivity contribution < 1.29 is 13.9 Å². The number of para-hydroxylation sites is 2. The van der Waals surface area contributed by atoms with E-state index < -0.39 is 0 Å². The van der Waals surface area contributed by atoms with Crippen molar-refractivity contribution in [3.63, 3.8) is 0 Å². The van der Waals surface area contributed by atoms with Gasteiger partial charge in [0, 0.05) is 38.2 Å². The minimum atomic E-state index is -0.307. The van der Waals surface area contributed by atoms with Crippen molar-refractivity contribution in [2.45, 2.75) is 18.9 Å². The molecule has 0 saturated carbocycles. The van der Waals surface area contributed by atoms with E-state index >= 15 is 0 Å². The van der Waals surface area contributed by atoms with Crippen molar-refractivity contribution >= 4 is 22.6 Å². The second kappa shape index (κ2) is 6.88. The highest BCUT2D eigenvalue weighted by molar-refractivity contribution is 5.96. The summed E-state index contributed by atoms with van der Waals surface area (Å²) in [7, 11) is 1.67. The van der Waals surface area contributed by atoms with Crippen molar-refractivity contribution in [3.8, 4) is 0 Å². The van der Waals surface area contributed by atoms with Crippen LogP contribution in [0.3, 0.4) is 0 Å². The molecule has 1 atom stereocenters. The third kappa shape index (κ3) is 2.97. The molecule has 1 saturated heterocycles. The Labute approximate surface area is 151 Å². The van der Waals surface area contributed by atoms with Crippen molar-refractivity contribution in [1.82, 2.24) is 9.55 Å². The number of imidazole rings is 1. The maximum absolute atomic E-state index is 13.2. The van der Waals surface area contributed by atoms with Gasteiger partial charge < -0.3 is 14.2 Å². The smallest absolute Gasteiger partial charge is 0.227 e. The van der Waals surface area contributed by atoms with Gasteiger partial charge >= 0.3 is 0 Å². The lowest BCUT2D eigenvalue weighted by atomic mass is 10.1. The number of methoxy groups -OCH3 is 1. The minimum Gasteiger partial charge on any atom is -0.383 e. The van der Waals surface area contributed by atoms with E-state index in [2.05, 4.69) is 4.57 Å². The lowest BCUT2D eigenvalue weighted by Crippen LogP contribution is -2.24. The summed E-state index contributed by atoms with van der Waals surface area (Å²) in [6, 6.07) is 14.0. The summed E-state index contributed by atoms with van der Waals surface area (Å²) in [5.74, 6) is 0.628. The third-order valence-corrected chi connectivity index (χ3v) is 4.83. The molecule has 2 heterocycles. The van der Waals surface area contributed by atoms with Crippen LogP contribution in [0.25, 0.3) is 11.0 Å². The second-order valence-corrected chi connectivity index (χ2v) is 6.48. The Morgan fingerprint density at radius 1 is 1.19 bits per heavy atom. The number of hydrogen-bond acceptors (Lipinski definition) is 3. The Hall–Kier alpha value is -2.73. The average Bonchev–Trinajstić information content (AvgIpc) is 3.21. The standard InChI is InChI=1S/C20H20FN3O2/c1-26-11-10-23-18-5-3-2-4-17(18)22-20(23)14-12-19(25)24(13-14)16-8-6-15(21)7-9-16/h2-9,14H,10-13H2,1H3/t14-/m0/s1. The molecule has 0 N–H and O–H groups in total. The highest BCUT2D eigenvalue weighted by Gasteiger charge is 2.34. The van der Waals surface area contributed by atoms with Gasteiger partial charge in [0.05, 0.1) is 17.6 Å². The molecule has 4 rings (SSSR count). The number of benzene rings is 2. The number of fused-ring (bicyclic) bond motifs is 1. The fourth-order valence-corrected chi connectivity index (χ4v) is 3.57. The topological polar surface area (TPSA) is 47.4 Å². The number of amides is 1. The number of halogens is 1. The minimum absolute atomic E-state index is 0.00295. The molecule has 1 aromatic heterocycles. The third-order valence-electron chi connectivity index (χ3n) is 4.83. The van der Waals surface area contributed by atoms with Crippen LogP contribution < -0.4 is 4.90 Å². The first kappa shape index (κ1) is 16.7. The van der Waals surface area contributed by atoms with Gasteiger partial charge in [0.2, 0.25) is 5.91 Å². The van der Waals surface area contributed by atoms with Crippen molar-refractivity contribution in [2.75, 3.05) is 25.2 Å². The molecule has 0 aliphatic carbocycles. The Balaban J connectivity index is 1.67. The molecule has 6 heteroatoms. The molecule has 1 fully saturated rings. The molecule has 134 valence electrons. The SMILES string of the molecule is COCCn1c([C@H]2CC(=O)N(c3ccc(F)cc3)C2)nc2ccccc21. The van der Waals surface area contributed by atoms with E-state index in [1.54, 1.807) is 24.1 Å². The number of carbonyl (C=O) groups is 1. The van der Waals surface area contributed by atoms with Crippen LogP contribution >= 0.6 is 0 Å². The molecule has 3 aromatic rings. The van der Waals surface area contributed by atoms with Crippen molar-refractivity contribution in [3.05, 3.63) is 60.2 Å². The first-order valence-corrected chi connectivity index (χ1v) is 8.67. The molecular formula is C20H20FN3O2. The number of rotatable bonds is 5. The number of hydrogen-bond donors (Lipinski definition) is 0. The van der Waals surface area contributed by atoms with E-state index in [1.807, 2.05) is 24.3 Å². The van der Waals surface area contributed by atoms with Gasteiger partial charge in [-0.2, -0.15) is 0 Å². The summed E-state index contributed by atoms with van der Waals surface area (Å²) < 4.78 is 20.6. The van der Waals surface area contributed by atoms with E-state index in [9.17, 15) is 9.18 Å². The van der Waals surface area contributed by atoms with Gasteiger partial charge in [-0.3, -0.25) is 4.79 Å². The molecule has 0 unspecified atom stereocenters. The van der Waals surface area contributed by atoms with Crippen LogP contribution in [0.4, 0.5) is 10.1 Å². The Morgan fingerprint density at radius 3 is 2.73 bits per heavy atom. The lowest BCUT2D eigenvalue weighted by Gasteiger charge is -2.17. The van der Waals surface area contributed by atoms with Gasteiger partial charge in [0.25, 0.3) is 0 Å². The molecule has 1 aliphatic rings. The number of anilines is 1. The average molecular weight is 353 g/mol. The fourth-order valence-electron chi connectivity index (χ4n) is 3.57. The highest BCUT2D eigenvalue weighted by atomic mass is 19.1. The van der Waals surface area contributed by atoms with Gasteiger partial charge in [-0.15, -0.1) is 0 Å². The second-order valence-electron chi connectivity index (χ2n) is 6.48. The van der Waals surface area contributed by atoms with Crippen LogP contribution in [0.5, 0.6) is 0 Å². The molecule has 1 aliphatic heterocycles. The van der Waals surface area contributed by atoms with Crippen molar-refractivity contribution in [2.24, 2.45) is 0 Å². The summed E-state index contributed by atoms with van der Waals surface area (Å²) >= 11 is 0. The molecule has 1 amide bonds. The van der Waals surface area contributed by atoms with Crippen molar-refractivity contribution in [1.29, 1.82) is 0 Å². The maximum atomic E-state index is 13.2. The summed E-state index contributed by atoms with van der Waals surface area (Å²) in [6.07, 6.45) is 0.397. The molecule has 2 aromatic carbocycles. The van der Waals surface area contributed by atoms with Gasteiger partial charge in [-0.05, 0) is 36.4 Å². The molecule has 5 nitrogen and oxygen atoms in total. The van der Waals surface area contributed by atoms with Crippen LogP contribution in [0.2, 0.25) is 0 Å². The summed E-state index contributed by atoms with van der Waals surface area (Å²) in [5, 5.41) is 0. The normalized spacial score (nSPS) is 17.4. The maximum Gasteiger partial charge on any atom is 0.227 e. The monoisotopic (exact) mass is 353 g/mol. The first-order valence-electron chi connectivity index (χ1n) is 8.67. The number of aromatic nitrogens is 2. The van der Waals surface area contributed by atoms with E-state index in [0.29, 0.717) is 26.1 Å². The summed E-state index contributed by atoms with van der Waals surface area (Å²) in [4.78, 5) is 19.1. The zero-order valence-electron chi connectivity index (χ0n) is 14.6. The number of ether oxygens (including phenoxy) is 1. The molecule has 0 radical (unpaired) electrons. The molecule has 0 spiro atoms. The molecular weight excluding hydrogens is 333 g/mol. The van der Waals surface area contributed by atoms with Gasteiger partial charge in [0.15, 0.2) is 0 Å². The zero-order chi connectivity index (χ0) is 18.1. The highest BCUT2D eigenvalue weighted by Crippen LogP contribution is 2.33. The summed E-state index contributed by atoms with van der Waals surface area (Å²) in [6.45, 7) is 1.81. The van der Waals surface area contributed by atoms with E-state index in [1.165, 1.54) is 12.1 Å². The number of nitrogens with zero attached hydrogens (tertiary/aromatic N) is 3. The molecule has 26 heavy (non-hydrogen) atoms. The van der Waals surface area contributed by atoms with Crippen LogP contribution in [0, 0.1) is 5.82 Å². The zero-order valence-corrected chi connectivity index (χ0v) is 14.6. The summed E-state index contributed by atoms with van der Waals surface area (Å²) in [5.41, 5.74) is 2.69.